The molecule has 0 bridgehead atoms. The second-order valence-corrected chi connectivity index (χ2v) is 7.82. The highest BCUT2D eigenvalue weighted by Crippen LogP contribution is 2.36. The van der Waals surface area contributed by atoms with Gasteiger partial charge in [-0.3, -0.25) is 0 Å². The zero-order valence-electron chi connectivity index (χ0n) is 16.3. The molecule has 6 nitrogen and oxygen atoms in total. The molecule has 0 radical (unpaired) electrons. The predicted molar refractivity (Wildman–Crippen MR) is 109 cm³/mol. The maximum Gasteiger partial charge on any atom is 0.246 e. The van der Waals surface area contributed by atoms with E-state index in [1.807, 2.05) is 28.9 Å². The van der Waals surface area contributed by atoms with Crippen LogP contribution in [0.1, 0.15) is 36.9 Å². The first-order valence-electron chi connectivity index (χ1n) is 9.93. The van der Waals surface area contributed by atoms with E-state index < -0.39 is 0 Å². The third-order valence-corrected chi connectivity index (χ3v) is 5.99. The van der Waals surface area contributed by atoms with E-state index in [0.29, 0.717) is 0 Å². The monoisotopic (exact) mass is 377 g/mol. The van der Waals surface area contributed by atoms with Gasteiger partial charge in [-0.25, -0.2) is 4.68 Å². The summed E-state index contributed by atoms with van der Waals surface area (Å²) in [6, 6.07) is 20.8. The van der Waals surface area contributed by atoms with E-state index in [1.165, 1.54) is 11.1 Å². The molecule has 2 heterocycles. The number of aliphatic hydroxyl groups excluding tert-OH is 1. The number of aliphatic hydroxyl groups is 1. The lowest BCUT2D eigenvalue weighted by Gasteiger charge is -2.41. The van der Waals surface area contributed by atoms with Gasteiger partial charge in [0, 0.05) is 25.1 Å². The molecule has 1 aliphatic heterocycles. The van der Waals surface area contributed by atoms with Crippen molar-refractivity contribution in [3.63, 3.8) is 0 Å². The Hall–Kier alpha value is -2.73. The molecule has 1 fully saturated rings. The Morgan fingerprint density at radius 2 is 1.64 bits per heavy atom. The molecular formula is C22H27N5O. The van der Waals surface area contributed by atoms with Gasteiger partial charge >= 0.3 is 0 Å². The molecule has 0 amide bonds. The average Bonchev–Trinajstić information content (AvgIpc) is 3.25. The maximum absolute atomic E-state index is 10.1. The van der Waals surface area contributed by atoms with Crippen LogP contribution in [0, 0.1) is 5.41 Å². The first kappa shape index (κ1) is 18.6. The topological polar surface area (TPSA) is 67.1 Å². The summed E-state index contributed by atoms with van der Waals surface area (Å²) >= 11 is 0. The van der Waals surface area contributed by atoms with Crippen molar-refractivity contribution in [3.05, 3.63) is 71.8 Å². The summed E-state index contributed by atoms with van der Waals surface area (Å²) in [6.45, 7) is 4.01. The van der Waals surface area contributed by atoms with Gasteiger partial charge in [0.1, 0.15) is 0 Å². The molecule has 146 valence electrons. The van der Waals surface area contributed by atoms with Crippen LogP contribution in [-0.2, 0) is 6.42 Å². The zero-order chi connectivity index (χ0) is 19.4. The number of aromatic nitrogens is 4. The van der Waals surface area contributed by atoms with E-state index in [2.05, 4.69) is 63.7 Å². The van der Waals surface area contributed by atoms with Gasteiger partial charge in [-0.1, -0.05) is 65.8 Å². The molecule has 1 aliphatic rings. The van der Waals surface area contributed by atoms with Crippen molar-refractivity contribution in [2.24, 2.45) is 5.41 Å². The first-order valence-corrected chi connectivity index (χ1v) is 9.93. The molecule has 0 saturated carbocycles. The van der Waals surface area contributed by atoms with Crippen LogP contribution in [0.4, 0.5) is 5.95 Å². The van der Waals surface area contributed by atoms with Crippen LogP contribution in [0.15, 0.2) is 60.7 Å². The van der Waals surface area contributed by atoms with Crippen molar-refractivity contribution in [1.82, 2.24) is 20.2 Å². The standard InChI is InChI=1S/C22H27N5O/c1-18(20-10-6-3-7-11-20)27-21(23-24-25-27)26-14-12-22(17-28,13-15-26)16-19-8-4-2-5-9-19/h2-11,18,28H,12-17H2,1H3. The minimum absolute atomic E-state index is 0.0683. The molecule has 1 unspecified atom stereocenters. The van der Waals surface area contributed by atoms with Crippen molar-refractivity contribution in [3.8, 4) is 0 Å². The molecular weight excluding hydrogens is 350 g/mol. The summed E-state index contributed by atoms with van der Waals surface area (Å²) in [5.74, 6) is 0.808. The highest BCUT2D eigenvalue weighted by atomic mass is 16.3. The van der Waals surface area contributed by atoms with Gasteiger partial charge in [-0.2, -0.15) is 0 Å². The highest BCUT2D eigenvalue weighted by molar-refractivity contribution is 5.32. The highest BCUT2D eigenvalue weighted by Gasteiger charge is 2.36. The van der Waals surface area contributed by atoms with Crippen LogP contribution in [0.2, 0.25) is 0 Å². The van der Waals surface area contributed by atoms with Crippen LogP contribution in [-0.4, -0.2) is 45.0 Å². The van der Waals surface area contributed by atoms with Crippen LogP contribution in [0.3, 0.4) is 0 Å². The van der Waals surface area contributed by atoms with E-state index in [-0.39, 0.29) is 18.1 Å². The molecule has 2 aromatic carbocycles. The fraction of sp³-hybridized carbons (Fsp3) is 0.409. The molecule has 3 aromatic rings. The lowest BCUT2D eigenvalue weighted by molar-refractivity contribution is 0.0957. The molecule has 4 rings (SSSR count). The summed E-state index contributed by atoms with van der Waals surface area (Å²) in [7, 11) is 0. The Balaban J connectivity index is 1.48. The lowest BCUT2D eigenvalue weighted by atomic mass is 9.74. The molecule has 6 heteroatoms. The van der Waals surface area contributed by atoms with Gasteiger partial charge in [-0.05, 0) is 47.7 Å². The Bertz CT molecular complexity index is 872. The number of anilines is 1. The Morgan fingerprint density at radius 3 is 2.29 bits per heavy atom. The van der Waals surface area contributed by atoms with Crippen LogP contribution in [0.5, 0.6) is 0 Å². The third-order valence-electron chi connectivity index (χ3n) is 5.99. The largest absolute Gasteiger partial charge is 0.396 e. The summed E-state index contributed by atoms with van der Waals surface area (Å²) in [6.07, 6.45) is 2.75. The molecule has 1 aromatic heterocycles. The second-order valence-electron chi connectivity index (χ2n) is 7.82. The van der Waals surface area contributed by atoms with E-state index in [9.17, 15) is 5.11 Å². The lowest BCUT2D eigenvalue weighted by Crippen LogP contribution is -2.44. The number of hydrogen-bond acceptors (Lipinski definition) is 5. The van der Waals surface area contributed by atoms with Crippen molar-refractivity contribution >= 4 is 5.95 Å². The third kappa shape index (κ3) is 3.78. The summed E-state index contributed by atoms with van der Waals surface area (Å²) in [4.78, 5) is 2.25. The first-order chi connectivity index (χ1) is 13.7. The maximum atomic E-state index is 10.1. The second kappa shape index (κ2) is 8.10. The van der Waals surface area contributed by atoms with Crippen LogP contribution >= 0.6 is 0 Å². The van der Waals surface area contributed by atoms with Crippen molar-refractivity contribution in [2.45, 2.75) is 32.2 Å². The summed E-state index contributed by atoms with van der Waals surface area (Å²) < 4.78 is 1.90. The molecule has 1 N–H and O–H groups in total. The number of tetrazole rings is 1. The number of piperidine rings is 1. The average molecular weight is 377 g/mol. The minimum Gasteiger partial charge on any atom is -0.396 e. The van der Waals surface area contributed by atoms with Crippen LogP contribution < -0.4 is 4.90 Å². The van der Waals surface area contributed by atoms with Crippen LogP contribution in [0.25, 0.3) is 0 Å². The van der Waals surface area contributed by atoms with Gasteiger partial charge < -0.3 is 10.0 Å². The van der Waals surface area contributed by atoms with Gasteiger partial charge in [-0.15, -0.1) is 0 Å². The smallest absolute Gasteiger partial charge is 0.246 e. The normalized spacial score (nSPS) is 17.4. The molecule has 0 spiro atoms. The molecule has 1 saturated heterocycles. The quantitative estimate of drug-likeness (QED) is 0.715. The zero-order valence-corrected chi connectivity index (χ0v) is 16.3. The Kier molecular flexibility index (Phi) is 5.39. The minimum atomic E-state index is -0.0683. The van der Waals surface area contributed by atoms with E-state index in [1.54, 1.807) is 0 Å². The predicted octanol–water partition coefficient (Wildman–Crippen LogP) is 3.10. The number of nitrogens with zero attached hydrogens (tertiary/aromatic N) is 5. The molecule has 1 atom stereocenters. The van der Waals surface area contributed by atoms with Gasteiger partial charge in [0.15, 0.2) is 0 Å². The Labute approximate surface area is 165 Å². The van der Waals surface area contributed by atoms with Crippen molar-refractivity contribution in [1.29, 1.82) is 0 Å². The fourth-order valence-electron chi connectivity index (χ4n) is 4.12. The molecule has 28 heavy (non-hydrogen) atoms. The van der Waals surface area contributed by atoms with Gasteiger partial charge in [0.2, 0.25) is 5.95 Å². The van der Waals surface area contributed by atoms with Gasteiger partial charge in [0.05, 0.1) is 6.04 Å². The SMILES string of the molecule is CC(c1ccccc1)n1nnnc1N1CCC(CO)(Cc2ccccc2)CC1. The number of benzene rings is 2. The van der Waals surface area contributed by atoms with Gasteiger partial charge in [0.25, 0.3) is 0 Å². The van der Waals surface area contributed by atoms with E-state index in [0.717, 1.165) is 38.3 Å². The summed E-state index contributed by atoms with van der Waals surface area (Å²) in [5.41, 5.74) is 2.40. The number of rotatable bonds is 6. The van der Waals surface area contributed by atoms with E-state index in [4.69, 9.17) is 0 Å². The fourth-order valence-corrected chi connectivity index (χ4v) is 4.12. The number of hydrogen-bond donors (Lipinski definition) is 1. The molecule has 0 aliphatic carbocycles. The van der Waals surface area contributed by atoms with Crippen molar-refractivity contribution in [2.75, 3.05) is 24.6 Å². The Morgan fingerprint density at radius 1 is 1.00 bits per heavy atom. The van der Waals surface area contributed by atoms with E-state index >= 15 is 0 Å². The van der Waals surface area contributed by atoms with Crippen molar-refractivity contribution < 1.29 is 5.11 Å². The summed E-state index contributed by atoms with van der Waals surface area (Å²) in [5, 5.41) is 22.7.